The van der Waals surface area contributed by atoms with Crippen LogP contribution in [0.25, 0.3) is 11.3 Å². The number of alkyl halides is 3. The van der Waals surface area contributed by atoms with Crippen LogP contribution in [-0.4, -0.2) is 24.0 Å². The van der Waals surface area contributed by atoms with Crippen molar-refractivity contribution in [2.75, 3.05) is 6.54 Å². The van der Waals surface area contributed by atoms with E-state index < -0.39 is 32.6 Å². The first kappa shape index (κ1) is 24.6. The second-order valence-electron chi connectivity index (χ2n) is 8.46. The fraction of sp³-hybridized carbons (Fsp3) is 0.280. The zero-order valence-corrected chi connectivity index (χ0v) is 19.2. The van der Waals surface area contributed by atoms with E-state index >= 15 is 0 Å². The summed E-state index contributed by atoms with van der Waals surface area (Å²) in [6.45, 7) is 4.51. The van der Waals surface area contributed by atoms with Crippen molar-refractivity contribution in [3.05, 3.63) is 83.6 Å². The molecule has 0 amide bonds. The smallest absolute Gasteiger partial charge is 0.416 e. The molecule has 2 aromatic carbocycles. The Morgan fingerprint density at radius 1 is 1.00 bits per heavy atom. The summed E-state index contributed by atoms with van der Waals surface area (Å²) in [5, 5.41) is 0. The van der Waals surface area contributed by atoms with Crippen LogP contribution in [0.3, 0.4) is 0 Å². The lowest BCUT2D eigenvalue weighted by Gasteiger charge is -2.34. The van der Waals surface area contributed by atoms with Crippen LogP contribution in [0.15, 0.2) is 71.1 Å². The molecule has 1 heterocycles. The minimum atomic E-state index is -4.50. The molecule has 8 heteroatoms. The first-order valence-electron chi connectivity index (χ1n) is 10.1. The van der Waals surface area contributed by atoms with Crippen molar-refractivity contribution in [1.82, 2.24) is 4.31 Å². The van der Waals surface area contributed by atoms with E-state index in [0.717, 1.165) is 12.1 Å². The molecule has 0 fully saturated rings. The van der Waals surface area contributed by atoms with Gasteiger partial charge in [-0.25, -0.2) is 8.42 Å². The molecule has 0 saturated heterocycles. The zero-order chi connectivity index (χ0) is 24.4. The van der Waals surface area contributed by atoms with Crippen molar-refractivity contribution in [1.29, 1.82) is 0 Å². The Hall–Kier alpha value is -3.02. The Kier molecular flexibility index (Phi) is 6.78. The number of nitrogens with zero attached hydrogens (tertiary/aromatic N) is 1. The molecule has 0 aliphatic heterocycles. The Labute approximate surface area is 192 Å². The molecule has 33 heavy (non-hydrogen) atoms. The summed E-state index contributed by atoms with van der Waals surface area (Å²) in [6, 6.07) is 15.8. The molecule has 0 aliphatic rings. The fourth-order valence-electron chi connectivity index (χ4n) is 3.37. The van der Waals surface area contributed by atoms with E-state index in [-0.39, 0.29) is 23.6 Å². The number of rotatable bonds is 6. The van der Waals surface area contributed by atoms with Gasteiger partial charge in [-0.2, -0.15) is 17.5 Å². The topological polar surface area (TPSA) is 50.5 Å². The van der Waals surface area contributed by atoms with E-state index in [1.54, 1.807) is 57.2 Å². The average Bonchev–Trinajstić information content (AvgIpc) is 3.23. The summed E-state index contributed by atoms with van der Waals surface area (Å²) in [5.41, 5.74) is 0.0393. The van der Waals surface area contributed by atoms with Gasteiger partial charge < -0.3 is 4.42 Å². The molecule has 3 aromatic rings. The molecule has 3 rings (SSSR count). The second kappa shape index (κ2) is 9.08. The van der Waals surface area contributed by atoms with E-state index in [9.17, 15) is 21.6 Å². The van der Waals surface area contributed by atoms with Crippen molar-refractivity contribution in [2.24, 2.45) is 0 Å². The van der Waals surface area contributed by atoms with Gasteiger partial charge in [-0.3, -0.25) is 0 Å². The highest BCUT2D eigenvalue weighted by molar-refractivity contribution is 7.90. The molecule has 1 atom stereocenters. The van der Waals surface area contributed by atoms with Gasteiger partial charge in [0.1, 0.15) is 17.6 Å². The van der Waals surface area contributed by atoms with Gasteiger partial charge in [0.05, 0.1) is 16.9 Å². The van der Waals surface area contributed by atoms with Gasteiger partial charge in [-0.15, -0.1) is 6.42 Å². The minimum Gasteiger partial charge on any atom is -0.459 e. The van der Waals surface area contributed by atoms with Gasteiger partial charge in [0.25, 0.3) is 0 Å². The molecule has 0 N–H and O–H groups in total. The van der Waals surface area contributed by atoms with Crippen molar-refractivity contribution in [2.45, 2.75) is 37.7 Å². The number of furan rings is 1. The van der Waals surface area contributed by atoms with Crippen LogP contribution in [0.2, 0.25) is 0 Å². The molecule has 4 nitrogen and oxygen atoms in total. The van der Waals surface area contributed by atoms with Crippen LogP contribution in [0.1, 0.15) is 43.7 Å². The molecule has 1 aromatic heterocycles. The van der Waals surface area contributed by atoms with Crippen LogP contribution in [0.4, 0.5) is 13.2 Å². The van der Waals surface area contributed by atoms with Gasteiger partial charge >= 0.3 is 6.18 Å². The van der Waals surface area contributed by atoms with Crippen LogP contribution in [0.5, 0.6) is 0 Å². The lowest BCUT2D eigenvalue weighted by molar-refractivity contribution is -0.137. The van der Waals surface area contributed by atoms with Crippen LogP contribution in [-0.2, 0) is 16.2 Å². The standard InChI is InChI=1S/C25H24F3NO3S/c1-5-16-29(33(30,31)24(2,3)4)23(18-10-7-6-8-11-18)22-15-14-21(32-22)19-12-9-13-20(17-19)25(26,27)28/h1,6-15,17,23H,16H2,2-4H3/t23-/m0/s1. The fourth-order valence-corrected chi connectivity index (χ4v) is 4.82. The zero-order valence-electron chi connectivity index (χ0n) is 18.4. The summed E-state index contributed by atoms with van der Waals surface area (Å²) in [7, 11) is -3.90. The molecule has 0 saturated carbocycles. The van der Waals surface area contributed by atoms with Crippen molar-refractivity contribution in [3.63, 3.8) is 0 Å². The Morgan fingerprint density at radius 3 is 2.24 bits per heavy atom. The van der Waals surface area contributed by atoms with Gasteiger partial charge in [0.15, 0.2) is 0 Å². The molecule has 0 bridgehead atoms. The molecule has 0 spiro atoms. The maximum atomic E-state index is 13.4. The lowest BCUT2D eigenvalue weighted by Crippen LogP contribution is -2.45. The third-order valence-corrected chi connectivity index (χ3v) is 7.61. The van der Waals surface area contributed by atoms with Crippen molar-refractivity contribution in [3.8, 4) is 23.7 Å². The lowest BCUT2D eigenvalue weighted by atomic mass is 10.0. The predicted octanol–water partition coefficient (Wildman–Crippen LogP) is 6.12. The maximum Gasteiger partial charge on any atom is 0.416 e. The molecule has 0 unspecified atom stereocenters. The number of hydrogen-bond acceptors (Lipinski definition) is 3. The summed E-state index contributed by atoms with van der Waals surface area (Å²) >= 11 is 0. The average molecular weight is 476 g/mol. The minimum absolute atomic E-state index is 0.186. The molecular formula is C25H24F3NO3S. The number of halogens is 3. The predicted molar refractivity (Wildman–Crippen MR) is 122 cm³/mol. The molecule has 0 radical (unpaired) electrons. The maximum absolute atomic E-state index is 13.4. The van der Waals surface area contributed by atoms with Gasteiger partial charge in [0, 0.05) is 5.56 Å². The van der Waals surface area contributed by atoms with Crippen LogP contribution < -0.4 is 0 Å². The Bertz CT molecular complexity index is 1250. The molecule has 174 valence electrons. The van der Waals surface area contributed by atoms with Crippen molar-refractivity contribution < 1.29 is 26.0 Å². The number of benzene rings is 2. The largest absolute Gasteiger partial charge is 0.459 e. The van der Waals surface area contributed by atoms with Crippen LogP contribution >= 0.6 is 0 Å². The second-order valence-corrected chi connectivity index (χ2v) is 11.1. The third-order valence-electron chi connectivity index (χ3n) is 5.10. The summed E-state index contributed by atoms with van der Waals surface area (Å²) in [5.74, 6) is 2.84. The summed E-state index contributed by atoms with van der Waals surface area (Å²) in [6.07, 6.45) is 1.03. The van der Waals surface area contributed by atoms with Gasteiger partial charge in [-0.05, 0) is 50.6 Å². The quantitative estimate of drug-likeness (QED) is 0.404. The van der Waals surface area contributed by atoms with E-state index in [2.05, 4.69) is 5.92 Å². The number of hydrogen-bond donors (Lipinski definition) is 0. The first-order valence-corrected chi connectivity index (χ1v) is 11.6. The normalized spacial score (nSPS) is 13.6. The number of sulfonamides is 1. The highest BCUT2D eigenvalue weighted by Crippen LogP contribution is 2.38. The van der Waals surface area contributed by atoms with Gasteiger partial charge in [-0.1, -0.05) is 48.4 Å². The molecular weight excluding hydrogens is 451 g/mol. The highest BCUT2D eigenvalue weighted by Gasteiger charge is 2.41. The third kappa shape index (κ3) is 5.15. The number of terminal acetylenes is 1. The first-order chi connectivity index (χ1) is 15.4. The van der Waals surface area contributed by atoms with Crippen LogP contribution in [0, 0.1) is 12.3 Å². The van der Waals surface area contributed by atoms with E-state index in [1.165, 1.54) is 22.5 Å². The molecule has 0 aliphatic carbocycles. The van der Waals surface area contributed by atoms with Crippen molar-refractivity contribution >= 4 is 10.0 Å². The van der Waals surface area contributed by atoms with E-state index in [0.29, 0.717) is 5.56 Å². The SMILES string of the molecule is C#CCN([C@@H](c1ccccc1)c1ccc(-c2cccc(C(F)(F)F)c2)o1)S(=O)(=O)C(C)(C)C. The Morgan fingerprint density at radius 2 is 1.67 bits per heavy atom. The highest BCUT2D eigenvalue weighted by atomic mass is 32.2. The van der Waals surface area contributed by atoms with E-state index in [1.807, 2.05) is 0 Å². The van der Waals surface area contributed by atoms with E-state index in [4.69, 9.17) is 10.8 Å². The van der Waals surface area contributed by atoms with Gasteiger partial charge in [0.2, 0.25) is 10.0 Å². The Balaban J connectivity index is 2.15. The monoisotopic (exact) mass is 475 g/mol. The summed E-state index contributed by atoms with van der Waals surface area (Å²) in [4.78, 5) is 0. The summed E-state index contributed by atoms with van der Waals surface area (Å²) < 4.78 is 72.3.